The predicted octanol–water partition coefficient (Wildman–Crippen LogP) is 14.2. The summed E-state index contributed by atoms with van der Waals surface area (Å²) in [4.78, 5) is 4.89. The minimum absolute atomic E-state index is 1.09. The van der Waals surface area contributed by atoms with E-state index in [1.165, 1.54) is 66.3 Å². The monoisotopic (exact) mass is 689 g/mol. The molecule has 0 unspecified atom stereocenters. The van der Waals surface area contributed by atoms with Crippen molar-refractivity contribution in [3.8, 4) is 5.69 Å². The van der Waals surface area contributed by atoms with Crippen LogP contribution in [0.15, 0.2) is 140 Å². The molecule has 3 heteroatoms. The van der Waals surface area contributed by atoms with Gasteiger partial charge in [0.2, 0.25) is 0 Å². The molecule has 0 radical (unpaired) electrons. The van der Waals surface area contributed by atoms with Gasteiger partial charge in [-0.05, 0) is 179 Å². The van der Waals surface area contributed by atoms with Crippen LogP contribution in [0.25, 0.3) is 27.5 Å². The highest BCUT2D eigenvalue weighted by molar-refractivity contribution is 6.09. The van der Waals surface area contributed by atoms with E-state index >= 15 is 0 Å². The molecule has 0 aliphatic heterocycles. The third-order valence-corrected chi connectivity index (χ3v) is 10.1. The quantitative estimate of drug-likeness (QED) is 0.165. The average molecular weight is 690 g/mol. The molecule has 0 saturated carbocycles. The van der Waals surface area contributed by atoms with Gasteiger partial charge in [-0.3, -0.25) is 0 Å². The first-order valence-electron chi connectivity index (χ1n) is 18.6. The number of para-hydroxylation sites is 2. The molecule has 0 atom stereocenters. The van der Waals surface area contributed by atoms with Crippen molar-refractivity contribution in [2.45, 2.75) is 55.4 Å². The van der Waals surface area contributed by atoms with E-state index in [0.717, 1.165) is 39.8 Å². The van der Waals surface area contributed by atoms with E-state index in [0.29, 0.717) is 0 Å². The Hall–Kier alpha value is -6.06. The summed E-state index contributed by atoms with van der Waals surface area (Å²) in [5, 5.41) is 2.49. The van der Waals surface area contributed by atoms with Gasteiger partial charge >= 0.3 is 0 Å². The molecule has 8 aromatic rings. The fourth-order valence-electron chi connectivity index (χ4n) is 8.38. The van der Waals surface area contributed by atoms with Gasteiger partial charge in [-0.2, -0.15) is 0 Å². The van der Waals surface area contributed by atoms with Gasteiger partial charge in [0.05, 0.1) is 28.1 Å². The van der Waals surface area contributed by atoms with E-state index in [2.05, 4.69) is 209 Å². The Balaban J connectivity index is 1.51. The van der Waals surface area contributed by atoms with Crippen molar-refractivity contribution >= 4 is 55.9 Å². The molecule has 53 heavy (non-hydrogen) atoms. The topological polar surface area (TPSA) is 11.4 Å². The normalized spacial score (nSPS) is 11.4. The molecule has 262 valence electrons. The highest BCUT2D eigenvalue weighted by Gasteiger charge is 2.22. The van der Waals surface area contributed by atoms with E-state index < -0.39 is 0 Å². The minimum Gasteiger partial charge on any atom is -0.310 e. The van der Waals surface area contributed by atoms with Crippen LogP contribution in [0.4, 0.5) is 34.1 Å². The zero-order valence-corrected chi connectivity index (χ0v) is 32.1. The standard InChI is InChI=1S/C50H47N3/c1-32-17-33(2)22-40(21-32)51(41-23-34(3)18-35(4)24-41)44-29-45(52(42-25-36(5)19-37(6)26-42)43-27-38(7)20-39(8)28-43)31-46(30-44)53-49-15-11-9-13-47(49)48-14-10-12-16-50(48)53/h9-31H,1-8H3. The zero-order valence-electron chi connectivity index (χ0n) is 32.1. The van der Waals surface area contributed by atoms with Crippen LogP contribution in [0, 0.1) is 55.4 Å². The number of aromatic nitrogens is 1. The van der Waals surface area contributed by atoms with Crippen molar-refractivity contribution in [3.63, 3.8) is 0 Å². The Kier molecular flexibility index (Phi) is 8.66. The number of hydrogen-bond donors (Lipinski definition) is 0. The molecule has 1 heterocycles. The summed E-state index contributed by atoms with van der Waals surface area (Å²) in [6.45, 7) is 17.5. The first kappa shape index (κ1) is 34.0. The highest BCUT2D eigenvalue weighted by Crippen LogP contribution is 2.44. The number of aryl methyl sites for hydroxylation is 8. The lowest BCUT2D eigenvalue weighted by atomic mass is 10.0. The van der Waals surface area contributed by atoms with E-state index in [4.69, 9.17) is 0 Å². The summed E-state index contributed by atoms with van der Waals surface area (Å²) >= 11 is 0. The van der Waals surface area contributed by atoms with Crippen molar-refractivity contribution in [1.82, 2.24) is 4.57 Å². The average Bonchev–Trinajstić information content (AvgIpc) is 3.41. The van der Waals surface area contributed by atoms with Crippen molar-refractivity contribution in [2.75, 3.05) is 9.80 Å². The predicted molar refractivity (Wildman–Crippen MR) is 228 cm³/mol. The van der Waals surface area contributed by atoms with Gasteiger partial charge in [-0.25, -0.2) is 0 Å². The smallest absolute Gasteiger partial charge is 0.0541 e. The number of nitrogens with zero attached hydrogens (tertiary/aromatic N) is 3. The maximum atomic E-state index is 2.45. The number of fused-ring (bicyclic) bond motifs is 3. The van der Waals surface area contributed by atoms with Gasteiger partial charge in [0, 0.05) is 33.5 Å². The van der Waals surface area contributed by atoms with Crippen LogP contribution in [-0.2, 0) is 0 Å². The number of hydrogen-bond acceptors (Lipinski definition) is 2. The van der Waals surface area contributed by atoms with Gasteiger partial charge in [-0.1, -0.05) is 60.7 Å². The molecule has 1 aromatic heterocycles. The largest absolute Gasteiger partial charge is 0.310 e. The highest BCUT2D eigenvalue weighted by atomic mass is 15.2. The summed E-state index contributed by atoms with van der Waals surface area (Å²) < 4.78 is 2.44. The molecule has 0 bridgehead atoms. The lowest BCUT2D eigenvalue weighted by Crippen LogP contribution is -2.15. The number of anilines is 6. The van der Waals surface area contributed by atoms with Crippen LogP contribution in [0.2, 0.25) is 0 Å². The van der Waals surface area contributed by atoms with Crippen molar-refractivity contribution in [3.05, 3.63) is 184 Å². The minimum atomic E-state index is 1.09. The van der Waals surface area contributed by atoms with Gasteiger partial charge in [0.15, 0.2) is 0 Å². The van der Waals surface area contributed by atoms with E-state index in [1.807, 2.05) is 0 Å². The summed E-state index contributed by atoms with van der Waals surface area (Å²) in [6, 6.07) is 52.2. The fourth-order valence-corrected chi connectivity index (χ4v) is 8.38. The molecule has 0 spiro atoms. The van der Waals surface area contributed by atoms with Gasteiger partial charge in [-0.15, -0.1) is 0 Å². The third kappa shape index (κ3) is 6.60. The molecule has 0 amide bonds. The van der Waals surface area contributed by atoms with Gasteiger partial charge in [0.25, 0.3) is 0 Å². The lowest BCUT2D eigenvalue weighted by molar-refractivity contribution is 1.15. The second-order valence-electron chi connectivity index (χ2n) is 15.1. The van der Waals surface area contributed by atoms with E-state index in [-0.39, 0.29) is 0 Å². The van der Waals surface area contributed by atoms with Crippen molar-refractivity contribution in [2.24, 2.45) is 0 Å². The molecule has 7 aromatic carbocycles. The molecule has 0 aliphatic rings. The van der Waals surface area contributed by atoms with Crippen LogP contribution >= 0.6 is 0 Å². The Labute approximate surface area is 314 Å². The summed E-state index contributed by atoms with van der Waals surface area (Å²) in [7, 11) is 0. The molecule has 0 N–H and O–H groups in total. The molecule has 0 aliphatic carbocycles. The molecule has 0 saturated heterocycles. The Morgan fingerprint density at radius 1 is 0.302 bits per heavy atom. The zero-order chi connectivity index (χ0) is 37.0. The second-order valence-corrected chi connectivity index (χ2v) is 15.1. The van der Waals surface area contributed by atoms with Crippen LogP contribution in [0.1, 0.15) is 44.5 Å². The van der Waals surface area contributed by atoms with Gasteiger partial charge < -0.3 is 14.4 Å². The SMILES string of the molecule is Cc1cc(C)cc(N(c2cc(C)cc(C)c2)c2cc(N(c3cc(C)cc(C)c3)c3cc(C)cc(C)c3)cc(-n3c4ccccc4c4ccccc43)c2)c1. The second kappa shape index (κ2) is 13.5. The summed E-state index contributed by atoms with van der Waals surface area (Å²) in [5.74, 6) is 0. The molecule has 8 rings (SSSR count). The Morgan fingerprint density at radius 3 is 0.868 bits per heavy atom. The first-order chi connectivity index (χ1) is 25.5. The lowest BCUT2D eigenvalue weighted by Gasteiger charge is -2.31. The molecular weight excluding hydrogens is 643 g/mol. The van der Waals surface area contributed by atoms with Crippen molar-refractivity contribution < 1.29 is 0 Å². The van der Waals surface area contributed by atoms with Crippen LogP contribution in [-0.4, -0.2) is 4.57 Å². The Morgan fingerprint density at radius 2 is 0.566 bits per heavy atom. The maximum Gasteiger partial charge on any atom is 0.0541 e. The molecule has 0 fully saturated rings. The number of benzene rings is 7. The molecular formula is C50H47N3. The molecule has 3 nitrogen and oxygen atoms in total. The summed E-state index contributed by atoms with van der Waals surface area (Å²) in [5.41, 5.74) is 20.1. The first-order valence-corrected chi connectivity index (χ1v) is 18.6. The summed E-state index contributed by atoms with van der Waals surface area (Å²) in [6.07, 6.45) is 0. The maximum absolute atomic E-state index is 2.45. The van der Waals surface area contributed by atoms with Crippen LogP contribution in [0.5, 0.6) is 0 Å². The van der Waals surface area contributed by atoms with Gasteiger partial charge in [0.1, 0.15) is 0 Å². The number of rotatable bonds is 7. The van der Waals surface area contributed by atoms with Crippen molar-refractivity contribution in [1.29, 1.82) is 0 Å². The Bertz CT molecular complexity index is 2310. The van der Waals surface area contributed by atoms with Crippen LogP contribution < -0.4 is 9.80 Å². The van der Waals surface area contributed by atoms with E-state index in [9.17, 15) is 0 Å². The fraction of sp³-hybridized carbons (Fsp3) is 0.160. The van der Waals surface area contributed by atoms with E-state index in [1.54, 1.807) is 0 Å². The third-order valence-electron chi connectivity index (χ3n) is 10.1. The van der Waals surface area contributed by atoms with Crippen LogP contribution in [0.3, 0.4) is 0 Å².